The van der Waals surface area contributed by atoms with Gasteiger partial charge in [0, 0.05) is 23.7 Å². The van der Waals surface area contributed by atoms with E-state index in [1.807, 2.05) is 0 Å². The molecule has 0 spiro atoms. The molecule has 1 atom stereocenters. The SMILES string of the molecule is Cc1noc(C2CCCN2C(=O)c2cccc([N+](=O)[O-])c2C)n1. The molecular formula is C15H16N4O4. The van der Waals surface area contributed by atoms with Crippen LogP contribution in [-0.2, 0) is 0 Å². The highest BCUT2D eigenvalue weighted by Crippen LogP contribution is 2.33. The summed E-state index contributed by atoms with van der Waals surface area (Å²) in [5, 5.41) is 14.8. The van der Waals surface area contributed by atoms with Gasteiger partial charge in [0.25, 0.3) is 11.6 Å². The number of amides is 1. The summed E-state index contributed by atoms with van der Waals surface area (Å²) in [4.78, 5) is 29.3. The summed E-state index contributed by atoms with van der Waals surface area (Å²) in [5.74, 6) is 0.687. The highest BCUT2D eigenvalue weighted by atomic mass is 16.6. The zero-order chi connectivity index (χ0) is 16.6. The molecule has 23 heavy (non-hydrogen) atoms. The number of carbonyl (C=O) groups is 1. The van der Waals surface area contributed by atoms with Crippen LogP contribution in [0.2, 0.25) is 0 Å². The van der Waals surface area contributed by atoms with Gasteiger partial charge in [-0.15, -0.1) is 0 Å². The summed E-state index contributed by atoms with van der Waals surface area (Å²) in [6, 6.07) is 4.26. The Labute approximate surface area is 132 Å². The van der Waals surface area contributed by atoms with Gasteiger partial charge in [-0.3, -0.25) is 14.9 Å². The van der Waals surface area contributed by atoms with Gasteiger partial charge in [0.15, 0.2) is 5.82 Å². The Hall–Kier alpha value is -2.77. The zero-order valence-electron chi connectivity index (χ0n) is 12.9. The lowest BCUT2D eigenvalue weighted by Gasteiger charge is -2.22. The van der Waals surface area contributed by atoms with E-state index in [0.717, 1.165) is 12.8 Å². The molecule has 0 aliphatic carbocycles. The molecule has 0 N–H and O–H groups in total. The van der Waals surface area contributed by atoms with E-state index in [9.17, 15) is 14.9 Å². The molecule has 0 bridgehead atoms. The maximum Gasteiger partial charge on any atom is 0.273 e. The third-order valence-corrected chi connectivity index (χ3v) is 4.07. The number of aromatic nitrogens is 2. The average molecular weight is 316 g/mol. The fraction of sp³-hybridized carbons (Fsp3) is 0.400. The number of rotatable bonds is 3. The quantitative estimate of drug-likeness (QED) is 0.637. The number of likely N-dealkylation sites (tertiary alicyclic amines) is 1. The summed E-state index contributed by atoms with van der Waals surface area (Å²) in [6.07, 6.45) is 1.56. The van der Waals surface area contributed by atoms with Gasteiger partial charge in [-0.25, -0.2) is 0 Å². The number of nitro benzene ring substituents is 1. The van der Waals surface area contributed by atoms with E-state index >= 15 is 0 Å². The van der Waals surface area contributed by atoms with Gasteiger partial charge < -0.3 is 9.42 Å². The van der Waals surface area contributed by atoms with Crippen LogP contribution in [0.15, 0.2) is 22.7 Å². The van der Waals surface area contributed by atoms with Gasteiger partial charge >= 0.3 is 0 Å². The van der Waals surface area contributed by atoms with E-state index in [1.165, 1.54) is 12.1 Å². The number of hydrogen-bond acceptors (Lipinski definition) is 6. The molecule has 8 nitrogen and oxygen atoms in total. The molecule has 0 radical (unpaired) electrons. The Morgan fingerprint density at radius 3 is 2.87 bits per heavy atom. The third-order valence-electron chi connectivity index (χ3n) is 4.07. The van der Waals surface area contributed by atoms with Crippen LogP contribution in [-0.4, -0.2) is 32.4 Å². The first kappa shape index (κ1) is 15.1. The molecule has 0 saturated carbocycles. The first-order valence-corrected chi connectivity index (χ1v) is 7.34. The standard InChI is InChI=1S/C15H16N4O4/c1-9-11(5-3-6-12(9)19(21)22)15(20)18-8-4-7-13(18)14-16-10(2)17-23-14/h3,5-6,13H,4,7-8H2,1-2H3. The number of nitrogens with zero attached hydrogens (tertiary/aromatic N) is 4. The van der Waals surface area contributed by atoms with Crippen molar-refractivity contribution in [2.75, 3.05) is 6.54 Å². The summed E-state index contributed by atoms with van der Waals surface area (Å²) >= 11 is 0. The smallest absolute Gasteiger partial charge is 0.273 e. The highest BCUT2D eigenvalue weighted by molar-refractivity contribution is 5.97. The lowest BCUT2D eigenvalue weighted by atomic mass is 10.1. The second-order valence-electron chi connectivity index (χ2n) is 5.54. The molecule has 1 aliphatic rings. The molecule has 2 heterocycles. The van der Waals surface area contributed by atoms with Crippen LogP contribution in [0.1, 0.15) is 46.5 Å². The van der Waals surface area contributed by atoms with Crippen molar-refractivity contribution in [1.29, 1.82) is 0 Å². The average Bonchev–Trinajstić information content (AvgIpc) is 3.14. The van der Waals surface area contributed by atoms with Crippen molar-refractivity contribution in [3.8, 4) is 0 Å². The van der Waals surface area contributed by atoms with Crippen LogP contribution in [0.25, 0.3) is 0 Å². The Kier molecular flexibility index (Phi) is 3.81. The summed E-state index contributed by atoms with van der Waals surface area (Å²) in [7, 11) is 0. The molecule has 1 unspecified atom stereocenters. The van der Waals surface area contributed by atoms with E-state index in [1.54, 1.807) is 24.8 Å². The minimum absolute atomic E-state index is 0.0553. The monoisotopic (exact) mass is 316 g/mol. The molecule has 1 amide bonds. The maximum absolute atomic E-state index is 12.8. The fourth-order valence-electron chi connectivity index (χ4n) is 2.92. The van der Waals surface area contributed by atoms with E-state index in [4.69, 9.17) is 4.52 Å². The van der Waals surface area contributed by atoms with Crippen molar-refractivity contribution >= 4 is 11.6 Å². The minimum Gasteiger partial charge on any atom is -0.337 e. The van der Waals surface area contributed by atoms with Gasteiger partial charge in [0.2, 0.25) is 5.89 Å². The summed E-state index contributed by atoms with van der Waals surface area (Å²) < 4.78 is 5.19. The Morgan fingerprint density at radius 1 is 1.43 bits per heavy atom. The molecule has 1 aliphatic heterocycles. The molecule has 120 valence electrons. The number of aryl methyl sites for hydroxylation is 1. The van der Waals surface area contributed by atoms with Crippen LogP contribution >= 0.6 is 0 Å². The Balaban J connectivity index is 1.94. The van der Waals surface area contributed by atoms with Crippen LogP contribution in [0.5, 0.6) is 0 Å². The van der Waals surface area contributed by atoms with Crippen LogP contribution in [0.3, 0.4) is 0 Å². The van der Waals surface area contributed by atoms with Crippen molar-refractivity contribution in [3.63, 3.8) is 0 Å². The predicted molar refractivity (Wildman–Crippen MR) is 79.9 cm³/mol. The van der Waals surface area contributed by atoms with Crippen molar-refractivity contribution < 1.29 is 14.2 Å². The zero-order valence-corrected chi connectivity index (χ0v) is 12.9. The van der Waals surface area contributed by atoms with Crippen molar-refractivity contribution in [1.82, 2.24) is 15.0 Å². The Morgan fingerprint density at radius 2 is 2.22 bits per heavy atom. The van der Waals surface area contributed by atoms with Gasteiger partial charge in [0.05, 0.1) is 4.92 Å². The maximum atomic E-state index is 12.8. The lowest BCUT2D eigenvalue weighted by Crippen LogP contribution is -2.31. The number of nitro groups is 1. The van der Waals surface area contributed by atoms with Crippen LogP contribution in [0, 0.1) is 24.0 Å². The number of carbonyl (C=O) groups excluding carboxylic acids is 1. The predicted octanol–water partition coefficient (Wildman–Crippen LogP) is 2.57. The van der Waals surface area contributed by atoms with Crippen LogP contribution in [0.4, 0.5) is 5.69 Å². The fourth-order valence-corrected chi connectivity index (χ4v) is 2.92. The molecule has 1 aromatic carbocycles. The molecule has 3 rings (SSSR count). The second-order valence-corrected chi connectivity index (χ2v) is 5.54. The molecule has 1 saturated heterocycles. The number of hydrogen-bond donors (Lipinski definition) is 0. The highest BCUT2D eigenvalue weighted by Gasteiger charge is 2.35. The van der Waals surface area contributed by atoms with Crippen molar-refractivity contribution in [2.24, 2.45) is 0 Å². The lowest BCUT2D eigenvalue weighted by molar-refractivity contribution is -0.385. The largest absolute Gasteiger partial charge is 0.337 e. The Bertz CT molecular complexity index is 771. The molecule has 2 aromatic rings. The normalized spacial score (nSPS) is 17.5. The van der Waals surface area contributed by atoms with Crippen molar-refractivity contribution in [2.45, 2.75) is 32.7 Å². The van der Waals surface area contributed by atoms with Crippen LogP contribution < -0.4 is 0 Å². The first-order valence-electron chi connectivity index (χ1n) is 7.34. The third kappa shape index (κ3) is 2.67. The van der Waals surface area contributed by atoms with E-state index in [2.05, 4.69) is 10.1 Å². The second kappa shape index (κ2) is 5.79. The summed E-state index contributed by atoms with van der Waals surface area (Å²) in [5.41, 5.74) is 0.650. The van der Waals surface area contributed by atoms with Crippen molar-refractivity contribution in [3.05, 3.63) is 51.2 Å². The molecule has 1 fully saturated rings. The van der Waals surface area contributed by atoms with Gasteiger partial charge in [-0.2, -0.15) is 4.98 Å². The topological polar surface area (TPSA) is 102 Å². The molecular weight excluding hydrogens is 300 g/mol. The van der Waals surface area contributed by atoms with Gasteiger partial charge in [-0.1, -0.05) is 11.2 Å². The van der Waals surface area contributed by atoms with E-state index in [0.29, 0.717) is 29.4 Å². The van der Waals surface area contributed by atoms with E-state index < -0.39 is 4.92 Å². The number of benzene rings is 1. The summed E-state index contributed by atoms with van der Waals surface area (Å²) in [6.45, 7) is 3.87. The van der Waals surface area contributed by atoms with Gasteiger partial charge in [0.1, 0.15) is 6.04 Å². The minimum atomic E-state index is -0.477. The first-order chi connectivity index (χ1) is 11.0. The van der Waals surface area contributed by atoms with E-state index in [-0.39, 0.29) is 17.6 Å². The van der Waals surface area contributed by atoms with Gasteiger partial charge in [-0.05, 0) is 32.8 Å². The molecule has 1 aromatic heterocycles. The molecule has 8 heteroatoms.